The molecule has 0 fully saturated rings. The van der Waals surface area contributed by atoms with Gasteiger partial charge >= 0.3 is 0 Å². The first-order chi connectivity index (χ1) is 7.79. The van der Waals surface area contributed by atoms with Crippen molar-refractivity contribution in [2.75, 3.05) is 5.73 Å². The molecule has 2 aromatic heterocycles. The van der Waals surface area contributed by atoms with Gasteiger partial charge in [0.25, 0.3) is 0 Å². The smallest absolute Gasteiger partial charge is 0.184 e. The summed E-state index contributed by atoms with van der Waals surface area (Å²) in [6.45, 7) is 0. The number of rotatable bonds is 0. The molecule has 0 aromatic carbocycles. The molecule has 0 saturated heterocycles. The third-order valence-corrected chi connectivity index (χ3v) is 2.99. The molecule has 2 heterocycles. The SMILES string of the molecule is N#Cc1nc2c(n3cc(N)nc13)CCCC2. The van der Waals surface area contributed by atoms with Crippen molar-refractivity contribution in [3.8, 4) is 6.07 Å². The summed E-state index contributed by atoms with van der Waals surface area (Å²) in [5.74, 6) is 0.442. The number of nitrogen functional groups attached to an aromatic ring is 1. The Morgan fingerprint density at radius 2 is 2.12 bits per heavy atom. The minimum atomic E-state index is 0.373. The quantitative estimate of drug-likeness (QED) is 0.709. The van der Waals surface area contributed by atoms with Crippen molar-refractivity contribution in [1.29, 1.82) is 5.26 Å². The Kier molecular flexibility index (Phi) is 1.83. The molecule has 0 bridgehead atoms. The van der Waals surface area contributed by atoms with Crippen molar-refractivity contribution in [1.82, 2.24) is 14.4 Å². The predicted octanol–water partition coefficient (Wildman–Crippen LogP) is 1.06. The second-order valence-electron chi connectivity index (χ2n) is 4.03. The van der Waals surface area contributed by atoms with Crippen molar-refractivity contribution in [2.45, 2.75) is 25.7 Å². The van der Waals surface area contributed by atoms with Crippen LogP contribution in [-0.2, 0) is 12.8 Å². The van der Waals surface area contributed by atoms with Crippen LogP contribution in [0.2, 0.25) is 0 Å². The third-order valence-electron chi connectivity index (χ3n) is 2.99. The minimum Gasteiger partial charge on any atom is -0.382 e. The maximum atomic E-state index is 9.04. The second-order valence-corrected chi connectivity index (χ2v) is 4.03. The molecule has 0 saturated carbocycles. The number of imidazole rings is 1. The summed E-state index contributed by atoms with van der Waals surface area (Å²) in [7, 11) is 0. The summed E-state index contributed by atoms with van der Waals surface area (Å²) in [4.78, 5) is 8.52. The number of nitriles is 1. The first-order valence-electron chi connectivity index (χ1n) is 5.36. The van der Waals surface area contributed by atoms with Gasteiger partial charge in [0.05, 0.1) is 11.9 Å². The van der Waals surface area contributed by atoms with Crippen molar-refractivity contribution < 1.29 is 0 Å². The van der Waals surface area contributed by atoms with E-state index >= 15 is 0 Å². The molecule has 80 valence electrons. The van der Waals surface area contributed by atoms with E-state index in [0.29, 0.717) is 17.2 Å². The molecular formula is C11H11N5. The van der Waals surface area contributed by atoms with E-state index in [1.807, 2.05) is 4.40 Å². The van der Waals surface area contributed by atoms with Crippen LogP contribution in [0.1, 0.15) is 29.9 Å². The van der Waals surface area contributed by atoms with Gasteiger partial charge in [-0.2, -0.15) is 5.26 Å². The van der Waals surface area contributed by atoms with Gasteiger partial charge in [-0.1, -0.05) is 0 Å². The van der Waals surface area contributed by atoms with Gasteiger partial charge in [-0.3, -0.25) is 4.40 Å². The first kappa shape index (κ1) is 9.16. The number of aryl methyl sites for hydroxylation is 2. The Balaban J connectivity index is 2.41. The van der Waals surface area contributed by atoms with Crippen molar-refractivity contribution in [3.05, 3.63) is 23.3 Å². The van der Waals surface area contributed by atoms with Crippen molar-refractivity contribution >= 4 is 11.5 Å². The summed E-state index contributed by atoms with van der Waals surface area (Å²) in [5, 5.41) is 9.04. The maximum Gasteiger partial charge on any atom is 0.184 e. The maximum absolute atomic E-state index is 9.04. The molecule has 0 atom stereocenters. The van der Waals surface area contributed by atoms with Gasteiger partial charge in [0.1, 0.15) is 11.9 Å². The van der Waals surface area contributed by atoms with Crippen LogP contribution in [-0.4, -0.2) is 14.4 Å². The lowest BCUT2D eigenvalue weighted by Gasteiger charge is -2.16. The molecule has 0 spiro atoms. The molecule has 1 aliphatic rings. The molecule has 2 aromatic rings. The zero-order valence-electron chi connectivity index (χ0n) is 8.77. The lowest BCUT2D eigenvalue weighted by molar-refractivity contribution is 0.641. The van der Waals surface area contributed by atoms with Gasteiger partial charge in [0.15, 0.2) is 11.3 Å². The number of fused-ring (bicyclic) bond motifs is 3. The van der Waals surface area contributed by atoms with Gasteiger partial charge in [-0.05, 0) is 25.7 Å². The number of hydrogen-bond donors (Lipinski definition) is 1. The van der Waals surface area contributed by atoms with Gasteiger partial charge in [-0.15, -0.1) is 0 Å². The largest absolute Gasteiger partial charge is 0.382 e. The molecule has 0 unspecified atom stereocenters. The Morgan fingerprint density at radius 1 is 1.31 bits per heavy atom. The molecule has 1 aliphatic carbocycles. The van der Waals surface area contributed by atoms with E-state index in [2.05, 4.69) is 16.0 Å². The van der Waals surface area contributed by atoms with Crippen LogP contribution >= 0.6 is 0 Å². The normalized spacial score (nSPS) is 14.7. The zero-order valence-corrected chi connectivity index (χ0v) is 8.77. The summed E-state index contributed by atoms with van der Waals surface area (Å²) in [6.07, 6.45) is 6.01. The zero-order chi connectivity index (χ0) is 11.1. The van der Waals surface area contributed by atoms with Crippen LogP contribution in [0.3, 0.4) is 0 Å². The monoisotopic (exact) mass is 213 g/mol. The number of nitrogens with zero attached hydrogens (tertiary/aromatic N) is 4. The van der Waals surface area contributed by atoms with Crippen molar-refractivity contribution in [2.24, 2.45) is 0 Å². The fourth-order valence-electron chi connectivity index (χ4n) is 2.28. The van der Waals surface area contributed by atoms with E-state index in [-0.39, 0.29) is 0 Å². The second kappa shape index (κ2) is 3.20. The van der Waals surface area contributed by atoms with E-state index < -0.39 is 0 Å². The lowest BCUT2D eigenvalue weighted by atomic mass is 10.00. The molecule has 16 heavy (non-hydrogen) atoms. The Bertz CT molecular complexity index is 605. The van der Waals surface area contributed by atoms with E-state index in [9.17, 15) is 0 Å². The fourth-order valence-corrected chi connectivity index (χ4v) is 2.28. The number of anilines is 1. The van der Waals surface area contributed by atoms with Crippen LogP contribution in [0.25, 0.3) is 5.65 Å². The van der Waals surface area contributed by atoms with Gasteiger partial charge in [0.2, 0.25) is 0 Å². The van der Waals surface area contributed by atoms with E-state index in [0.717, 1.165) is 37.1 Å². The van der Waals surface area contributed by atoms with Crippen LogP contribution in [0.4, 0.5) is 5.82 Å². The highest BCUT2D eigenvalue weighted by atomic mass is 15.1. The first-order valence-corrected chi connectivity index (χ1v) is 5.36. The highest BCUT2D eigenvalue weighted by molar-refractivity contribution is 5.57. The summed E-state index contributed by atoms with van der Waals surface area (Å²) in [5.41, 5.74) is 8.81. The molecule has 2 N–H and O–H groups in total. The topological polar surface area (TPSA) is 80.0 Å². The summed E-state index contributed by atoms with van der Waals surface area (Å²) in [6, 6.07) is 2.08. The highest BCUT2D eigenvalue weighted by Gasteiger charge is 2.18. The average Bonchev–Trinajstić information content (AvgIpc) is 2.69. The highest BCUT2D eigenvalue weighted by Crippen LogP contribution is 2.23. The Labute approximate surface area is 92.5 Å². The minimum absolute atomic E-state index is 0.373. The van der Waals surface area contributed by atoms with Gasteiger partial charge in [-0.25, -0.2) is 9.97 Å². The molecular weight excluding hydrogens is 202 g/mol. The summed E-state index contributed by atoms with van der Waals surface area (Å²) < 4.78 is 1.93. The van der Waals surface area contributed by atoms with Crippen LogP contribution < -0.4 is 5.73 Å². The number of aromatic nitrogens is 3. The Morgan fingerprint density at radius 3 is 2.94 bits per heavy atom. The van der Waals surface area contributed by atoms with E-state index in [4.69, 9.17) is 11.0 Å². The lowest BCUT2D eigenvalue weighted by Crippen LogP contribution is -2.12. The van der Waals surface area contributed by atoms with Gasteiger partial charge in [0, 0.05) is 5.69 Å². The molecule has 5 nitrogen and oxygen atoms in total. The number of hydrogen-bond acceptors (Lipinski definition) is 4. The molecule has 0 aliphatic heterocycles. The standard InChI is InChI=1S/C11H11N5/c12-5-8-11-15-10(13)6-16(11)9-4-2-1-3-7(9)14-8/h6H,1-4,13H2. The van der Waals surface area contributed by atoms with E-state index in [1.165, 1.54) is 0 Å². The van der Waals surface area contributed by atoms with Crippen molar-refractivity contribution in [3.63, 3.8) is 0 Å². The summed E-state index contributed by atoms with van der Waals surface area (Å²) >= 11 is 0. The molecule has 3 rings (SSSR count). The molecule has 5 heteroatoms. The number of nitrogens with two attached hydrogens (primary N) is 1. The van der Waals surface area contributed by atoms with Crippen LogP contribution in [0, 0.1) is 11.3 Å². The Hall–Kier alpha value is -2.09. The average molecular weight is 213 g/mol. The van der Waals surface area contributed by atoms with Crippen LogP contribution in [0.5, 0.6) is 0 Å². The molecule has 0 amide bonds. The predicted molar refractivity (Wildman–Crippen MR) is 58.8 cm³/mol. The van der Waals surface area contributed by atoms with E-state index in [1.54, 1.807) is 6.20 Å². The molecule has 0 radical (unpaired) electrons. The van der Waals surface area contributed by atoms with Gasteiger partial charge < -0.3 is 5.73 Å². The third kappa shape index (κ3) is 1.16. The fraction of sp³-hybridized carbons (Fsp3) is 0.364. The van der Waals surface area contributed by atoms with Crippen LogP contribution in [0.15, 0.2) is 6.20 Å².